The molecule has 0 heterocycles. The van der Waals surface area contributed by atoms with E-state index in [4.69, 9.17) is 10.8 Å². The van der Waals surface area contributed by atoms with Gasteiger partial charge in [-0.3, -0.25) is 9.59 Å². The number of carbonyl (C=O) groups is 2. The van der Waals surface area contributed by atoms with E-state index in [1.165, 1.54) is 0 Å². The fourth-order valence-electron chi connectivity index (χ4n) is 0.410. The van der Waals surface area contributed by atoms with Crippen LogP contribution in [0.3, 0.4) is 0 Å². The minimum atomic E-state index is -1.07. The van der Waals surface area contributed by atoms with Gasteiger partial charge in [-0.15, -0.1) is 0 Å². The lowest BCUT2D eigenvalue weighted by molar-refractivity contribution is -0.137. The Bertz CT molecular complexity index is 181. The maximum atomic E-state index is 11.0. The monoisotopic (exact) mass is 191 g/mol. The SMILES string of the molecule is CC(C)C(=O)SCC(N)C(=O)O. The normalized spacial score (nSPS) is 13.0. The van der Waals surface area contributed by atoms with Gasteiger partial charge in [-0.2, -0.15) is 0 Å². The first-order valence-corrected chi connectivity index (χ1v) is 4.58. The molecule has 0 aromatic heterocycles. The van der Waals surface area contributed by atoms with Crippen LogP contribution in [0, 0.1) is 5.92 Å². The first-order valence-electron chi connectivity index (χ1n) is 3.60. The van der Waals surface area contributed by atoms with E-state index in [2.05, 4.69) is 0 Å². The van der Waals surface area contributed by atoms with Crippen molar-refractivity contribution in [3.05, 3.63) is 0 Å². The Balaban J connectivity index is 3.69. The highest BCUT2D eigenvalue weighted by atomic mass is 32.2. The third-order valence-electron chi connectivity index (χ3n) is 1.19. The van der Waals surface area contributed by atoms with Crippen LogP contribution in [0.2, 0.25) is 0 Å². The fourth-order valence-corrected chi connectivity index (χ4v) is 1.23. The van der Waals surface area contributed by atoms with Crippen LogP contribution in [0.5, 0.6) is 0 Å². The van der Waals surface area contributed by atoms with Crippen LogP contribution >= 0.6 is 11.8 Å². The van der Waals surface area contributed by atoms with E-state index in [-0.39, 0.29) is 16.8 Å². The molecule has 4 nitrogen and oxygen atoms in total. The molecular formula is C7H13NO3S. The molecule has 0 aliphatic rings. The maximum Gasteiger partial charge on any atom is 0.321 e. The zero-order valence-electron chi connectivity index (χ0n) is 7.11. The number of carbonyl (C=O) groups excluding carboxylic acids is 1. The van der Waals surface area contributed by atoms with Crippen LogP contribution in [0.25, 0.3) is 0 Å². The van der Waals surface area contributed by atoms with Crippen LogP contribution in [0.1, 0.15) is 13.8 Å². The molecule has 0 rings (SSSR count). The van der Waals surface area contributed by atoms with Crippen molar-refractivity contribution in [2.24, 2.45) is 11.7 Å². The Morgan fingerprint density at radius 3 is 2.33 bits per heavy atom. The number of carboxylic acid groups (broad SMARTS) is 1. The molecule has 1 atom stereocenters. The summed E-state index contributed by atoms with van der Waals surface area (Å²) in [6.45, 7) is 3.53. The van der Waals surface area contributed by atoms with E-state index in [0.29, 0.717) is 0 Å². The number of carboxylic acids is 1. The second-order valence-corrected chi connectivity index (χ2v) is 3.75. The van der Waals surface area contributed by atoms with Gasteiger partial charge in [0.15, 0.2) is 5.12 Å². The molecule has 0 aromatic carbocycles. The lowest BCUT2D eigenvalue weighted by Crippen LogP contribution is -2.33. The first kappa shape index (κ1) is 11.4. The number of rotatable bonds is 4. The molecule has 12 heavy (non-hydrogen) atoms. The van der Waals surface area contributed by atoms with Gasteiger partial charge in [0.25, 0.3) is 0 Å². The van der Waals surface area contributed by atoms with Gasteiger partial charge in [0.2, 0.25) is 0 Å². The van der Waals surface area contributed by atoms with E-state index < -0.39 is 12.0 Å². The smallest absolute Gasteiger partial charge is 0.321 e. The Morgan fingerprint density at radius 1 is 1.50 bits per heavy atom. The van der Waals surface area contributed by atoms with Gasteiger partial charge in [0.1, 0.15) is 6.04 Å². The molecular weight excluding hydrogens is 178 g/mol. The molecule has 0 saturated carbocycles. The molecule has 0 fully saturated rings. The highest BCUT2D eigenvalue weighted by Gasteiger charge is 2.15. The molecule has 0 amide bonds. The summed E-state index contributed by atoms with van der Waals surface area (Å²) in [5.41, 5.74) is 5.19. The highest BCUT2D eigenvalue weighted by molar-refractivity contribution is 8.13. The molecule has 0 bridgehead atoms. The van der Waals surface area contributed by atoms with Gasteiger partial charge >= 0.3 is 5.97 Å². The summed E-state index contributed by atoms with van der Waals surface area (Å²) in [5, 5.41) is 8.36. The standard InChI is InChI=1S/C7H13NO3S/c1-4(2)7(11)12-3-5(8)6(9)10/h4-5H,3,8H2,1-2H3,(H,9,10). The lowest BCUT2D eigenvalue weighted by atomic mass is 10.3. The zero-order valence-corrected chi connectivity index (χ0v) is 7.93. The molecule has 0 saturated heterocycles. The van der Waals surface area contributed by atoms with Gasteiger partial charge in [-0.1, -0.05) is 25.6 Å². The predicted octanol–water partition coefficient (Wildman–Crippen LogP) is 0.314. The van der Waals surface area contributed by atoms with E-state index in [9.17, 15) is 9.59 Å². The summed E-state index contributed by atoms with van der Waals surface area (Å²) in [5.74, 6) is -0.998. The Hall–Kier alpha value is -0.550. The zero-order chi connectivity index (χ0) is 9.72. The summed E-state index contributed by atoms with van der Waals surface area (Å²) in [4.78, 5) is 21.2. The second kappa shape index (κ2) is 5.16. The quantitative estimate of drug-likeness (QED) is 0.668. The molecule has 0 aliphatic heterocycles. The van der Waals surface area contributed by atoms with Gasteiger partial charge in [0, 0.05) is 11.7 Å². The largest absolute Gasteiger partial charge is 0.480 e. The summed E-state index contributed by atoms with van der Waals surface area (Å²) >= 11 is 0.976. The number of hydrogen-bond donors (Lipinski definition) is 2. The molecule has 1 unspecified atom stereocenters. The third kappa shape index (κ3) is 4.35. The summed E-state index contributed by atoms with van der Waals surface area (Å²) < 4.78 is 0. The first-order chi connectivity index (χ1) is 5.45. The van der Waals surface area contributed by atoms with Crippen molar-refractivity contribution in [2.45, 2.75) is 19.9 Å². The summed E-state index contributed by atoms with van der Waals surface area (Å²) in [7, 11) is 0. The van der Waals surface area contributed by atoms with E-state index in [0.717, 1.165) is 11.8 Å². The molecule has 0 radical (unpaired) electrons. The van der Waals surface area contributed by atoms with Crippen LogP contribution in [0.15, 0.2) is 0 Å². The Kier molecular flexibility index (Phi) is 4.92. The third-order valence-corrected chi connectivity index (χ3v) is 2.48. The molecule has 0 spiro atoms. The van der Waals surface area contributed by atoms with E-state index >= 15 is 0 Å². The van der Waals surface area contributed by atoms with Crippen molar-refractivity contribution in [1.29, 1.82) is 0 Å². The van der Waals surface area contributed by atoms with Crippen LogP contribution in [0.4, 0.5) is 0 Å². The van der Waals surface area contributed by atoms with Crippen molar-refractivity contribution < 1.29 is 14.7 Å². The number of aliphatic carboxylic acids is 1. The maximum absolute atomic E-state index is 11.0. The molecule has 0 aromatic rings. The Morgan fingerprint density at radius 2 is 2.00 bits per heavy atom. The van der Waals surface area contributed by atoms with Gasteiger partial charge in [-0.25, -0.2) is 0 Å². The molecule has 5 heteroatoms. The molecule has 0 aliphatic carbocycles. The molecule has 70 valence electrons. The van der Waals surface area contributed by atoms with Gasteiger partial charge < -0.3 is 10.8 Å². The average Bonchev–Trinajstić information content (AvgIpc) is 1.98. The van der Waals surface area contributed by atoms with Gasteiger partial charge in [0.05, 0.1) is 0 Å². The van der Waals surface area contributed by atoms with Crippen molar-refractivity contribution in [3.63, 3.8) is 0 Å². The van der Waals surface area contributed by atoms with Gasteiger partial charge in [-0.05, 0) is 0 Å². The fraction of sp³-hybridized carbons (Fsp3) is 0.714. The minimum Gasteiger partial charge on any atom is -0.480 e. The van der Waals surface area contributed by atoms with Crippen LogP contribution in [-0.2, 0) is 9.59 Å². The number of thioether (sulfide) groups is 1. The topological polar surface area (TPSA) is 80.4 Å². The molecule has 3 N–H and O–H groups in total. The minimum absolute atomic E-state index is 0.0216. The van der Waals surface area contributed by atoms with E-state index in [1.54, 1.807) is 13.8 Å². The van der Waals surface area contributed by atoms with Crippen LogP contribution < -0.4 is 5.73 Å². The van der Waals surface area contributed by atoms with Crippen LogP contribution in [-0.4, -0.2) is 28.0 Å². The average molecular weight is 191 g/mol. The van der Waals surface area contributed by atoms with E-state index in [1.807, 2.05) is 0 Å². The Labute approximate surface area is 75.5 Å². The highest BCUT2D eigenvalue weighted by Crippen LogP contribution is 2.10. The van der Waals surface area contributed by atoms with Crippen molar-refractivity contribution in [1.82, 2.24) is 0 Å². The summed E-state index contributed by atoms with van der Waals surface area (Å²) in [6.07, 6.45) is 0. The second-order valence-electron chi connectivity index (χ2n) is 2.73. The van der Waals surface area contributed by atoms with Crippen molar-refractivity contribution in [3.8, 4) is 0 Å². The lowest BCUT2D eigenvalue weighted by Gasteiger charge is -2.06. The summed E-state index contributed by atoms with van der Waals surface area (Å²) in [6, 6.07) is -0.947. The predicted molar refractivity (Wildman–Crippen MR) is 47.9 cm³/mol. The van der Waals surface area contributed by atoms with Crippen molar-refractivity contribution >= 4 is 22.8 Å². The number of nitrogens with two attached hydrogens (primary N) is 1. The van der Waals surface area contributed by atoms with Crippen molar-refractivity contribution in [2.75, 3.05) is 5.75 Å². The number of hydrogen-bond acceptors (Lipinski definition) is 4.